The summed E-state index contributed by atoms with van der Waals surface area (Å²) in [5, 5.41) is 5.45. The van der Waals surface area contributed by atoms with Crippen LogP contribution in [-0.2, 0) is 0 Å². The van der Waals surface area contributed by atoms with Gasteiger partial charge in [0.2, 0.25) is 0 Å². The SMILES string of the molecule is Clc1cccc2c(C3=CCCCNC3)c[nH]c12. The van der Waals surface area contributed by atoms with Crippen molar-refractivity contribution in [1.29, 1.82) is 0 Å². The van der Waals surface area contributed by atoms with E-state index in [0.717, 1.165) is 30.0 Å². The summed E-state index contributed by atoms with van der Waals surface area (Å²) in [6.45, 7) is 2.04. The lowest BCUT2D eigenvalue weighted by atomic mass is 10.0. The van der Waals surface area contributed by atoms with Gasteiger partial charge in [0.25, 0.3) is 0 Å². The van der Waals surface area contributed by atoms with Crippen molar-refractivity contribution in [3.63, 3.8) is 0 Å². The smallest absolute Gasteiger partial charge is 0.0649 e. The average molecular weight is 247 g/mol. The van der Waals surface area contributed by atoms with Crippen molar-refractivity contribution in [1.82, 2.24) is 10.3 Å². The van der Waals surface area contributed by atoms with Crippen molar-refractivity contribution in [2.24, 2.45) is 0 Å². The van der Waals surface area contributed by atoms with Gasteiger partial charge in [0.15, 0.2) is 0 Å². The van der Waals surface area contributed by atoms with E-state index in [2.05, 4.69) is 28.6 Å². The maximum absolute atomic E-state index is 6.18. The van der Waals surface area contributed by atoms with Gasteiger partial charge in [-0.05, 0) is 31.0 Å². The van der Waals surface area contributed by atoms with Crippen LogP contribution in [0.2, 0.25) is 5.02 Å². The number of fused-ring (bicyclic) bond motifs is 1. The van der Waals surface area contributed by atoms with Crippen LogP contribution in [0.25, 0.3) is 16.5 Å². The van der Waals surface area contributed by atoms with Crippen molar-refractivity contribution in [3.05, 3.63) is 41.1 Å². The molecule has 3 rings (SSSR count). The number of rotatable bonds is 1. The molecular weight excluding hydrogens is 232 g/mol. The predicted molar refractivity (Wildman–Crippen MR) is 73.4 cm³/mol. The van der Waals surface area contributed by atoms with E-state index in [9.17, 15) is 0 Å². The predicted octanol–water partition coefficient (Wildman–Crippen LogP) is 3.59. The quantitative estimate of drug-likeness (QED) is 0.791. The molecule has 0 amide bonds. The fourth-order valence-electron chi connectivity index (χ4n) is 2.39. The Hall–Kier alpha value is -1.25. The summed E-state index contributed by atoms with van der Waals surface area (Å²) in [6, 6.07) is 6.05. The molecule has 0 atom stereocenters. The van der Waals surface area contributed by atoms with Crippen molar-refractivity contribution in [2.45, 2.75) is 12.8 Å². The Morgan fingerprint density at radius 2 is 2.18 bits per heavy atom. The molecule has 2 aromatic rings. The first kappa shape index (κ1) is 10.9. The molecule has 1 aromatic carbocycles. The van der Waals surface area contributed by atoms with Gasteiger partial charge in [-0.2, -0.15) is 0 Å². The molecule has 1 aliphatic heterocycles. The van der Waals surface area contributed by atoms with Crippen LogP contribution in [0.5, 0.6) is 0 Å². The molecule has 0 unspecified atom stereocenters. The third-order valence-corrected chi connectivity index (χ3v) is 3.59. The first-order valence-corrected chi connectivity index (χ1v) is 6.40. The van der Waals surface area contributed by atoms with Crippen molar-refractivity contribution >= 4 is 28.1 Å². The van der Waals surface area contributed by atoms with Crippen LogP contribution in [-0.4, -0.2) is 18.1 Å². The maximum Gasteiger partial charge on any atom is 0.0649 e. The third-order valence-electron chi connectivity index (χ3n) is 3.27. The minimum absolute atomic E-state index is 0.788. The Kier molecular flexibility index (Phi) is 2.91. The molecule has 1 aliphatic rings. The van der Waals surface area contributed by atoms with Crippen LogP contribution >= 0.6 is 11.6 Å². The lowest BCUT2D eigenvalue weighted by molar-refractivity contribution is 0.724. The number of hydrogen-bond acceptors (Lipinski definition) is 1. The molecule has 88 valence electrons. The molecule has 3 heteroatoms. The van der Waals surface area contributed by atoms with Crippen molar-refractivity contribution in [2.75, 3.05) is 13.1 Å². The highest BCUT2D eigenvalue weighted by atomic mass is 35.5. The van der Waals surface area contributed by atoms with E-state index in [4.69, 9.17) is 11.6 Å². The zero-order valence-electron chi connectivity index (χ0n) is 9.59. The Morgan fingerprint density at radius 1 is 1.24 bits per heavy atom. The van der Waals surface area contributed by atoms with Crippen LogP contribution in [0.3, 0.4) is 0 Å². The first-order chi connectivity index (χ1) is 8.36. The molecule has 0 fully saturated rings. The van der Waals surface area contributed by atoms with Crippen LogP contribution in [0.15, 0.2) is 30.5 Å². The van der Waals surface area contributed by atoms with Gasteiger partial charge >= 0.3 is 0 Å². The van der Waals surface area contributed by atoms with Gasteiger partial charge in [-0.3, -0.25) is 0 Å². The molecule has 17 heavy (non-hydrogen) atoms. The molecule has 0 spiro atoms. The third kappa shape index (κ3) is 1.99. The minimum Gasteiger partial charge on any atom is -0.359 e. The summed E-state index contributed by atoms with van der Waals surface area (Å²) in [5.74, 6) is 0. The van der Waals surface area contributed by atoms with Crippen LogP contribution in [0, 0.1) is 0 Å². The molecule has 2 nitrogen and oxygen atoms in total. The number of aromatic nitrogens is 1. The highest BCUT2D eigenvalue weighted by Crippen LogP contribution is 2.29. The van der Waals surface area contributed by atoms with E-state index in [0.29, 0.717) is 0 Å². The number of hydrogen-bond donors (Lipinski definition) is 2. The van der Waals surface area contributed by atoms with Gasteiger partial charge in [-0.1, -0.05) is 29.8 Å². The molecule has 0 radical (unpaired) electrons. The normalized spacial score (nSPS) is 16.9. The largest absolute Gasteiger partial charge is 0.359 e. The van der Waals surface area contributed by atoms with Crippen LogP contribution < -0.4 is 5.32 Å². The second-order valence-corrected chi connectivity index (χ2v) is 4.82. The minimum atomic E-state index is 0.788. The zero-order chi connectivity index (χ0) is 11.7. The summed E-state index contributed by atoms with van der Waals surface area (Å²) in [6.07, 6.45) is 6.76. The standard InChI is InChI=1S/C14H15ClN2/c15-13-6-3-5-11-12(9-17-14(11)13)10-4-1-2-7-16-8-10/h3-6,9,16-17H,1-2,7-8H2. The Labute approximate surface area is 106 Å². The van der Waals surface area contributed by atoms with Gasteiger partial charge in [-0.15, -0.1) is 0 Å². The van der Waals surface area contributed by atoms with Gasteiger partial charge in [0.1, 0.15) is 0 Å². The second-order valence-electron chi connectivity index (χ2n) is 4.41. The van der Waals surface area contributed by atoms with Gasteiger partial charge in [0.05, 0.1) is 10.5 Å². The van der Waals surface area contributed by atoms with E-state index in [1.807, 2.05) is 12.1 Å². The highest BCUT2D eigenvalue weighted by Gasteiger charge is 2.11. The van der Waals surface area contributed by atoms with E-state index in [1.54, 1.807) is 0 Å². The van der Waals surface area contributed by atoms with E-state index < -0.39 is 0 Å². The summed E-state index contributed by atoms with van der Waals surface area (Å²) in [5.41, 5.74) is 3.68. The lowest BCUT2D eigenvalue weighted by Gasteiger charge is -2.05. The van der Waals surface area contributed by atoms with Crippen LogP contribution in [0.4, 0.5) is 0 Å². The topological polar surface area (TPSA) is 27.8 Å². The Bertz CT molecular complexity index is 569. The summed E-state index contributed by atoms with van der Waals surface area (Å²) >= 11 is 6.18. The molecular formula is C14H15ClN2. The molecule has 0 saturated carbocycles. The van der Waals surface area contributed by atoms with E-state index in [-0.39, 0.29) is 0 Å². The number of allylic oxidation sites excluding steroid dienone is 1. The molecule has 0 saturated heterocycles. The van der Waals surface area contributed by atoms with Gasteiger partial charge < -0.3 is 10.3 Å². The van der Waals surface area contributed by atoms with Crippen molar-refractivity contribution < 1.29 is 0 Å². The van der Waals surface area contributed by atoms with Gasteiger partial charge in [0, 0.05) is 23.7 Å². The molecule has 0 bridgehead atoms. The first-order valence-electron chi connectivity index (χ1n) is 6.02. The molecule has 2 N–H and O–H groups in total. The lowest BCUT2D eigenvalue weighted by Crippen LogP contribution is -2.15. The second kappa shape index (κ2) is 4.55. The van der Waals surface area contributed by atoms with E-state index >= 15 is 0 Å². The zero-order valence-corrected chi connectivity index (χ0v) is 10.3. The summed E-state index contributed by atoms with van der Waals surface area (Å²) < 4.78 is 0. The van der Waals surface area contributed by atoms with Crippen molar-refractivity contribution in [3.8, 4) is 0 Å². The number of benzene rings is 1. The fraction of sp³-hybridized carbons (Fsp3) is 0.286. The molecule has 2 heterocycles. The monoisotopic (exact) mass is 246 g/mol. The van der Waals surface area contributed by atoms with Crippen LogP contribution in [0.1, 0.15) is 18.4 Å². The van der Waals surface area contributed by atoms with Gasteiger partial charge in [-0.25, -0.2) is 0 Å². The molecule has 1 aromatic heterocycles. The average Bonchev–Trinajstić information content (AvgIpc) is 2.59. The number of aromatic amines is 1. The highest BCUT2D eigenvalue weighted by molar-refractivity contribution is 6.35. The Morgan fingerprint density at radius 3 is 3.12 bits per heavy atom. The number of H-pyrrole nitrogens is 1. The molecule has 0 aliphatic carbocycles. The fourth-order valence-corrected chi connectivity index (χ4v) is 2.62. The number of nitrogens with one attached hydrogen (secondary N) is 2. The van der Waals surface area contributed by atoms with E-state index in [1.165, 1.54) is 22.9 Å². The Balaban J connectivity index is 2.11. The number of para-hydroxylation sites is 1. The summed E-state index contributed by atoms with van der Waals surface area (Å²) in [7, 11) is 0. The number of halogens is 1. The summed E-state index contributed by atoms with van der Waals surface area (Å²) in [4.78, 5) is 3.27. The maximum atomic E-state index is 6.18.